The van der Waals surface area contributed by atoms with Gasteiger partial charge in [0.1, 0.15) is 0 Å². The normalized spacial score (nSPS) is 15.2. The number of nitrogens with one attached hydrogen (secondary N) is 1. The molecule has 0 saturated heterocycles. The fourth-order valence-corrected chi connectivity index (χ4v) is 1.67. The molecule has 92 valence electrons. The van der Waals surface area contributed by atoms with Crippen molar-refractivity contribution in [3.63, 3.8) is 0 Å². The molecule has 5 heteroatoms. The molecular weight excluding hydrogens is 218 g/mol. The van der Waals surface area contributed by atoms with Crippen molar-refractivity contribution in [1.82, 2.24) is 9.97 Å². The maximum Gasteiger partial charge on any atom is 0.225 e. The summed E-state index contributed by atoms with van der Waals surface area (Å²) < 4.78 is 10.3. The van der Waals surface area contributed by atoms with Crippen molar-refractivity contribution >= 4 is 5.95 Å². The van der Waals surface area contributed by atoms with E-state index in [4.69, 9.17) is 9.47 Å². The van der Waals surface area contributed by atoms with Crippen molar-refractivity contribution in [1.29, 1.82) is 0 Å². The van der Waals surface area contributed by atoms with Gasteiger partial charge >= 0.3 is 0 Å². The van der Waals surface area contributed by atoms with Gasteiger partial charge in [0.2, 0.25) is 11.8 Å². The third-order valence-corrected chi connectivity index (χ3v) is 2.63. The zero-order valence-corrected chi connectivity index (χ0v) is 9.98. The second kappa shape index (κ2) is 6.20. The van der Waals surface area contributed by atoms with Gasteiger partial charge in [-0.2, -0.15) is 4.98 Å². The van der Waals surface area contributed by atoms with Gasteiger partial charge in [0, 0.05) is 18.8 Å². The largest absolute Gasteiger partial charge is 0.481 e. The van der Waals surface area contributed by atoms with Gasteiger partial charge in [-0.25, -0.2) is 4.98 Å². The first-order valence-electron chi connectivity index (χ1n) is 5.75. The van der Waals surface area contributed by atoms with E-state index < -0.39 is 0 Å². The average molecular weight is 235 g/mol. The van der Waals surface area contributed by atoms with Crippen molar-refractivity contribution in [3.8, 4) is 5.88 Å². The highest BCUT2D eigenvalue weighted by molar-refractivity contribution is 5.27. The fourth-order valence-electron chi connectivity index (χ4n) is 1.67. The van der Waals surface area contributed by atoms with Crippen molar-refractivity contribution in [2.24, 2.45) is 0 Å². The van der Waals surface area contributed by atoms with E-state index in [2.05, 4.69) is 21.4 Å². The minimum atomic E-state index is 0.577. The highest BCUT2D eigenvalue weighted by Gasteiger charge is 2.04. The molecule has 1 aliphatic rings. The molecular formula is C12H17N3O2. The Kier molecular flexibility index (Phi) is 4.32. The summed E-state index contributed by atoms with van der Waals surface area (Å²) in [5, 5.41) is 3.18. The Balaban J connectivity index is 1.79. The highest BCUT2D eigenvalue weighted by atomic mass is 16.5. The number of methoxy groups -OCH3 is 1. The smallest absolute Gasteiger partial charge is 0.225 e. The van der Waals surface area contributed by atoms with Crippen molar-refractivity contribution in [2.45, 2.75) is 12.8 Å². The highest BCUT2D eigenvalue weighted by Crippen LogP contribution is 2.12. The van der Waals surface area contributed by atoms with E-state index in [1.807, 2.05) is 0 Å². The standard InChI is InChI=1S/C12H17N3O2/c1-16-11-3-7-14-12(15-11)13-6-2-10-4-8-17-9-5-10/h3-4,7H,2,5-6,8-9H2,1H3,(H,13,14,15). The zero-order valence-electron chi connectivity index (χ0n) is 9.98. The third-order valence-electron chi connectivity index (χ3n) is 2.63. The Labute approximate surface area is 101 Å². The summed E-state index contributed by atoms with van der Waals surface area (Å²) in [6.45, 7) is 2.41. The quantitative estimate of drug-likeness (QED) is 0.786. The number of nitrogens with zero attached hydrogens (tertiary/aromatic N) is 2. The lowest BCUT2D eigenvalue weighted by Crippen LogP contribution is -2.10. The number of aromatic nitrogens is 2. The van der Waals surface area contributed by atoms with Crippen LogP contribution in [0.25, 0.3) is 0 Å². The van der Waals surface area contributed by atoms with Gasteiger partial charge in [-0.3, -0.25) is 0 Å². The topological polar surface area (TPSA) is 56.3 Å². The van der Waals surface area contributed by atoms with E-state index in [9.17, 15) is 0 Å². The molecule has 0 aliphatic carbocycles. The first-order valence-corrected chi connectivity index (χ1v) is 5.75. The van der Waals surface area contributed by atoms with Crippen LogP contribution in [-0.4, -0.2) is 36.8 Å². The maximum atomic E-state index is 5.26. The number of anilines is 1. The van der Waals surface area contributed by atoms with Crippen molar-refractivity contribution in [2.75, 3.05) is 32.2 Å². The molecule has 2 heterocycles. The average Bonchev–Trinajstić information content (AvgIpc) is 2.40. The summed E-state index contributed by atoms with van der Waals surface area (Å²) in [7, 11) is 1.60. The molecule has 0 bridgehead atoms. The summed E-state index contributed by atoms with van der Waals surface area (Å²) in [5.41, 5.74) is 1.44. The minimum Gasteiger partial charge on any atom is -0.481 e. The van der Waals surface area contributed by atoms with Crippen LogP contribution in [0, 0.1) is 0 Å². The van der Waals surface area contributed by atoms with E-state index in [0.717, 1.165) is 32.6 Å². The lowest BCUT2D eigenvalue weighted by molar-refractivity contribution is 0.153. The van der Waals surface area contributed by atoms with Crippen LogP contribution in [0.1, 0.15) is 12.8 Å². The first kappa shape index (κ1) is 11.9. The predicted octanol–water partition coefficient (Wildman–Crippen LogP) is 1.63. The molecule has 0 aromatic carbocycles. The second-order valence-corrected chi connectivity index (χ2v) is 3.79. The lowest BCUT2D eigenvalue weighted by Gasteiger charge is -2.13. The summed E-state index contributed by atoms with van der Waals surface area (Å²) in [5.74, 6) is 1.18. The van der Waals surface area contributed by atoms with Crippen LogP contribution in [0.2, 0.25) is 0 Å². The number of hydrogen-bond acceptors (Lipinski definition) is 5. The van der Waals surface area contributed by atoms with Crippen molar-refractivity contribution < 1.29 is 9.47 Å². The van der Waals surface area contributed by atoms with Crippen LogP contribution in [0.5, 0.6) is 5.88 Å². The summed E-state index contributed by atoms with van der Waals surface area (Å²) in [6, 6.07) is 1.73. The number of rotatable bonds is 5. The maximum absolute atomic E-state index is 5.26. The third kappa shape index (κ3) is 3.71. The van der Waals surface area contributed by atoms with E-state index in [1.54, 1.807) is 19.4 Å². The monoisotopic (exact) mass is 235 g/mol. The van der Waals surface area contributed by atoms with Gasteiger partial charge in [-0.1, -0.05) is 11.6 Å². The molecule has 0 fully saturated rings. The van der Waals surface area contributed by atoms with E-state index in [1.165, 1.54) is 5.57 Å². The molecule has 17 heavy (non-hydrogen) atoms. The SMILES string of the molecule is COc1ccnc(NCCC2=CCOCC2)n1. The summed E-state index contributed by atoms with van der Waals surface area (Å²) >= 11 is 0. The Morgan fingerprint density at radius 1 is 1.53 bits per heavy atom. The van der Waals surface area contributed by atoms with Gasteiger partial charge in [0.25, 0.3) is 0 Å². The Hall–Kier alpha value is -1.62. The Morgan fingerprint density at radius 2 is 2.47 bits per heavy atom. The van der Waals surface area contributed by atoms with E-state index in [-0.39, 0.29) is 0 Å². The van der Waals surface area contributed by atoms with Gasteiger partial charge in [0.15, 0.2) is 0 Å². The molecule has 1 N–H and O–H groups in total. The number of ether oxygens (including phenoxy) is 2. The zero-order chi connectivity index (χ0) is 11.9. The molecule has 5 nitrogen and oxygen atoms in total. The molecule has 2 rings (SSSR count). The molecule has 0 spiro atoms. The van der Waals surface area contributed by atoms with Crippen LogP contribution in [0.15, 0.2) is 23.9 Å². The minimum absolute atomic E-state index is 0.577. The molecule has 0 atom stereocenters. The summed E-state index contributed by atoms with van der Waals surface area (Å²) in [6.07, 6.45) is 5.87. The Morgan fingerprint density at radius 3 is 3.24 bits per heavy atom. The van der Waals surface area contributed by atoms with Crippen LogP contribution >= 0.6 is 0 Å². The first-order chi connectivity index (χ1) is 8.38. The summed E-state index contributed by atoms with van der Waals surface area (Å²) in [4.78, 5) is 8.31. The molecule has 0 amide bonds. The number of hydrogen-bond donors (Lipinski definition) is 1. The fraction of sp³-hybridized carbons (Fsp3) is 0.500. The van der Waals surface area contributed by atoms with E-state index >= 15 is 0 Å². The van der Waals surface area contributed by atoms with Gasteiger partial charge < -0.3 is 14.8 Å². The second-order valence-electron chi connectivity index (χ2n) is 3.79. The predicted molar refractivity (Wildman–Crippen MR) is 65.2 cm³/mol. The van der Waals surface area contributed by atoms with E-state index in [0.29, 0.717) is 11.8 Å². The molecule has 1 aliphatic heterocycles. The van der Waals surface area contributed by atoms with Gasteiger partial charge in [0.05, 0.1) is 20.3 Å². The van der Waals surface area contributed by atoms with Gasteiger partial charge in [-0.05, 0) is 12.8 Å². The molecule has 1 aromatic rings. The lowest BCUT2D eigenvalue weighted by atomic mass is 10.1. The molecule has 0 saturated carbocycles. The van der Waals surface area contributed by atoms with Gasteiger partial charge in [-0.15, -0.1) is 0 Å². The Bertz CT molecular complexity index is 393. The van der Waals surface area contributed by atoms with Crippen molar-refractivity contribution in [3.05, 3.63) is 23.9 Å². The molecule has 0 radical (unpaired) electrons. The molecule has 0 unspecified atom stereocenters. The van der Waals surface area contributed by atoms with Crippen LogP contribution < -0.4 is 10.1 Å². The molecule has 1 aromatic heterocycles. The van der Waals surface area contributed by atoms with Crippen LogP contribution in [-0.2, 0) is 4.74 Å². The van der Waals surface area contributed by atoms with Crippen LogP contribution in [0.3, 0.4) is 0 Å². The van der Waals surface area contributed by atoms with Crippen LogP contribution in [0.4, 0.5) is 5.95 Å².